The molecule has 1 saturated heterocycles. The molecule has 0 aromatic rings. The quantitative estimate of drug-likeness (QED) is 0.592. The zero-order valence-electron chi connectivity index (χ0n) is 7.29. The first-order valence-corrected chi connectivity index (χ1v) is 4.17. The van der Waals surface area contributed by atoms with Gasteiger partial charge in [-0.05, 0) is 12.8 Å². The Morgan fingerprint density at radius 1 is 1.75 bits per heavy atom. The summed E-state index contributed by atoms with van der Waals surface area (Å²) in [5.41, 5.74) is 0. The molecular formula is C8H15NO3. The summed E-state index contributed by atoms with van der Waals surface area (Å²) in [5.74, 6) is 0. The van der Waals surface area contributed by atoms with Crippen molar-refractivity contribution in [3.63, 3.8) is 0 Å². The molecule has 2 atom stereocenters. The van der Waals surface area contributed by atoms with Crippen molar-refractivity contribution in [2.75, 3.05) is 20.3 Å². The third-order valence-electron chi connectivity index (χ3n) is 2.03. The maximum atomic E-state index is 10.1. The first-order valence-electron chi connectivity index (χ1n) is 4.17. The molecule has 1 aliphatic rings. The summed E-state index contributed by atoms with van der Waals surface area (Å²) in [6.07, 6.45) is 2.80. The minimum Gasteiger partial charge on any atom is -0.385 e. The molecule has 2 unspecified atom stereocenters. The van der Waals surface area contributed by atoms with Gasteiger partial charge >= 0.3 is 0 Å². The van der Waals surface area contributed by atoms with Gasteiger partial charge in [-0.25, -0.2) is 0 Å². The maximum absolute atomic E-state index is 10.1. The van der Waals surface area contributed by atoms with E-state index in [1.165, 1.54) is 0 Å². The third-order valence-corrected chi connectivity index (χ3v) is 2.03. The minimum absolute atomic E-state index is 0.198. The highest BCUT2D eigenvalue weighted by molar-refractivity contribution is 5.46. The predicted octanol–water partition coefficient (Wildman–Crippen LogP) is -0.0736. The van der Waals surface area contributed by atoms with Crippen molar-refractivity contribution < 1.29 is 14.3 Å². The molecule has 0 bridgehead atoms. The zero-order chi connectivity index (χ0) is 8.81. The second-order valence-corrected chi connectivity index (χ2v) is 2.95. The van der Waals surface area contributed by atoms with Crippen LogP contribution in [0, 0.1) is 0 Å². The van der Waals surface area contributed by atoms with Crippen LogP contribution in [0.5, 0.6) is 0 Å². The molecule has 1 N–H and O–H groups in total. The Kier molecular flexibility index (Phi) is 4.04. The van der Waals surface area contributed by atoms with Crippen molar-refractivity contribution in [3.8, 4) is 0 Å². The van der Waals surface area contributed by atoms with E-state index in [1.54, 1.807) is 7.11 Å². The van der Waals surface area contributed by atoms with Gasteiger partial charge in [0.25, 0.3) is 0 Å². The molecule has 0 aliphatic carbocycles. The lowest BCUT2D eigenvalue weighted by Crippen LogP contribution is -2.27. The number of hydrogen-bond acceptors (Lipinski definition) is 3. The number of ether oxygens (including phenoxy) is 2. The number of methoxy groups -OCH3 is 1. The Labute approximate surface area is 72.2 Å². The van der Waals surface area contributed by atoms with Crippen molar-refractivity contribution in [2.24, 2.45) is 0 Å². The molecule has 70 valence electrons. The van der Waals surface area contributed by atoms with Gasteiger partial charge in [0.05, 0.1) is 18.8 Å². The van der Waals surface area contributed by atoms with Crippen LogP contribution in [0.1, 0.15) is 12.8 Å². The van der Waals surface area contributed by atoms with Gasteiger partial charge in [-0.3, -0.25) is 4.79 Å². The van der Waals surface area contributed by atoms with Crippen LogP contribution in [-0.2, 0) is 14.3 Å². The molecule has 4 nitrogen and oxygen atoms in total. The van der Waals surface area contributed by atoms with Gasteiger partial charge < -0.3 is 14.8 Å². The van der Waals surface area contributed by atoms with Gasteiger partial charge in [0, 0.05) is 13.7 Å². The maximum Gasteiger partial charge on any atom is 0.207 e. The molecule has 0 spiro atoms. The van der Waals surface area contributed by atoms with Crippen LogP contribution in [0.3, 0.4) is 0 Å². The summed E-state index contributed by atoms with van der Waals surface area (Å²) in [6.45, 7) is 1.35. The SMILES string of the molecule is COCCC1CC(NC=O)CO1. The van der Waals surface area contributed by atoms with E-state index in [9.17, 15) is 4.79 Å². The predicted molar refractivity (Wildman–Crippen MR) is 43.8 cm³/mol. The zero-order valence-corrected chi connectivity index (χ0v) is 7.29. The molecule has 0 radical (unpaired) electrons. The summed E-state index contributed by atoms with van der Waals surface area (Å²) in [5, 5.41) is 2.70. The Morgan fingerprint density at radius 2 is 2.58 bits per heavy atom. The molecule has 1 amide bonds. The molecule has 1 aliphatic heterocycles. The fraction of sp³-hybridized carbons (Fsp3) is 0.875. The van der Waals surface area contributed by atoms with Crippen LogP contribution in [0.25, 0.3) is 0 Å². The average Bonchev–Trinajstić information content (AvgIpc) is 2.50. The molecule has 0 aromatic carbocycles. The number of nitrogens with one attached hydrogen (secondary N) is 1. The van der Waals surface area contributed by atoms with E-state index in [1.807, 2.05) is 0 Å². The first kappa shape index (κ1) is 9.48. The number of hydrogen-bond donors (Lipinski definition) is 1. The van der Waals surface area contributed by atoms with E-state index in [0.29, 0.717) is 6.61 Å². The van der Waals surface area contributed by atoms with Crippen LogP contribution < -0.4 is 5.32 Å². The van der Waals surface area contributed by atoms with Crippen LogP contribution in [0.15, 0.2) is 0 Å². The monoisotopic (exact) mass is 173 g/mol. The second-order valence-electron chi connectivity index (χ2n) is 2.95. The van der Waals surface area contributed by atoms with Crippen molar-refractivity contribution in [1.82, 2.24) is 5.32 Å². The molecule has 1 fully saturated rings. The highest BCUT2D eigenvalue weighted by Gasteiger charge is 2.24. The second kappa shape index (κ2) is 5.11. The summed E-state index contributed by atoms with van der Waals surface area (Å²) in [7, 11) is 1.68. The first-order chi connectivity index (χ1) is 5.86. The molecule has 4 heteroatoms. The third kappa shape index (κ3) is 2.79. The van der Waals surface area contributed by atoms with Gasteiger partial charge in [-0.2, -0.15) is 0 Å². The summed E-state index contributed by atoms with van der Waals surface area (Å²) >= 11 is 0. The van der Waals surface area contributed by atoms with E-state index >= 15 is 0 Å². The minimum atomic E-state index is 0.198. The number of amides is 1. The Bertz CT molecular complexity index is 140. The normalized spacial score (nSPS) is 28.8. The summed E-state index contributed by atoms with van der Waals surface area (Å²) in [4.78, 5) is 10.1. The van der Waals surface area contributed by atoms with Crippen molar-refractivity contribution >= 4 is 6.41 Å². The van der Waals surface area contributed by atoms with Crippen molar-refractivity contribution in [1.29, 1.82) is 0 Å². The van der Waals surface area contributed by atoms with Crippen LogP contribution in [0.2, 0.25) is 0 Å². The lowest BCUT2D eigenvalue weighted by atomic mass is 10.1. The van der Waals surface area contributed by atoms with Crippen LogP contribution >= 0.6 is 0 Å². The van der Waals surface area contributed by atoms with E-state index in [0.717, 1.165) is 25.9 Å². The highest BCUT2D eigenvalue weighted by Crippen LogP contribution is 2.15. The van der Waals surface area contributed by atoms with Gasteiger partial charge in [-0.15, -0.1) is 0 Å². The van der Waals surface area contributed by atoms with E-state index < -0.39 is 0 Å². The van der Waals surface area contributed by atoms with Gasteiger partial charge in [-0.1, -0.05) is 0 Å². The van der Waals surface area contributed by atoms with Crippen LogP contribution in [0.4, 0.5) is 0 Å². The van der Waals surface area contributed by atoms with E-state index in [-0.39, 0.29) is 12.1 Å². The topological polar surface area (TPSA) is 47.6 Å². The lowest BCUT2D eigenvalue weighted by molar-refractivity contribution is -0.110. The Hall–Kier alpha value is -0.610. The summed E-state index contributed by atoms with van der Waals surface area (Å²) < 4.78 is 10.3. The molecule has 0 saturated carbocycles. The Balaban J connectivity index is 2.12. The highest BCUT2D eigenvalue weighted by atomic mass is 16.5. The average molecular weight is 173 g/mol. The molecule has 1 heterocycles. The van der Waals surface area contributed by atoms with E-state index in [4.69, 9.17) is 9.47 Å². The number of carbonyl (C=O) groups excluding carboxylic acids is 1. The fourth-order valence-corrected chi connectivity index (χ4v) is 1.37. The lowest BCUT2D eigenvalue weighted by Gasteiger charge is -2.07. The standard InChI is InChI=1S/C8H15NO3/c1-11-3-2-8-4-7(5-12-8)9-6-10/h6-8H,2-5H2,1H3,(H,9,10). The van der Waals surface area contributed by atoms with Crippen molar-refractivity contribution in [2.45, 2.75) is 25.0 Å². The van der Waals surface area contributed by atoms with E-state index in [2.05, 4.69) is 5.32 Å². The van der Waals surface area contributed by atoms with Gasteiger partial charge in [0.1, 0.15) is 0 Å². The smallest absolute Gasteiger partial charge is 0.207 e. The molecular weight excluding hydrogens is 158 g/mol. The molecule has 12 heavy (non-hydrogen) atoms. The number of carbonyl (C=O) groups is 1. The summed E-state index contributed by atoms with van der Waals surface area (Å²) in [6, 6.07) is 0.198. The largest absolute Gasteiger partial charge is 0.385 e. The molecule has 0 aromatic heterocycles. The molecule has 1 rings (SSSR count). The fourth-order valence-electron chi connectivity index (χ4n) is 1.37. The van der Waals surface area contributed by atoms with Crippen LogP contribution in [-0.4, -0.2) is 38.9 Å². The van der Waals surface area contributed by atoms with Gasteiger partial charge in [0.2, 0.25) is 6.41 Å². The van der Waals surface area contributed by atoms with Gasteiger partial charge in [0.15, 0.2) is 0 Å². The van der Waals surface area contributed by atoms with Crippen molar-refractivity contribution in [3.05, 3.63) is 0 Å². The Morgan fingerprint density at radius 3 is 3.25 bits per heavy atom. The number of rotatable bonds is 5.